The second kappa shape index (κ2) is 12.5. The third-order valence-electron chi connectivity index (χ3n) is 8.74. The maximum atomic E-state index is 14.1. The minimum absolute atomic E-state index is 0.0388. The van der Waals surface area contributed by atoms with Gasteiger partial charge in [0.2, 0.25) is 17.7 Å². The number of nitrogens with one attached hydrogen (secondary N) is 2. The van der Waals surface area contributed by atoms with Gasteiger partial charge in [0.25, 0.3) is 0 Å². The van der Waals surface area contributed by atoms with E-state index in [2.05, 4.69) is 10.6 Å². The highest BCUT2D eigenvalue weighted by Crippen LogP contribution is 2.45. The zero-order chi connectivity index (χ0) is 31.6. The molecule has 4 N–H and O–H groups in total. The van der Waals surface area contributed by atoms with Gasteiger partial charge in [0.05, 0.1) is 6.54 Å². The summed E-state index contributed by atoms with van der Waals surface area (Å²) in [6.45, 7) is 5.98. The molecule has 1 saturated carbocycles. The van der Waals surface area contributed by atoms with Crippen molar-refractivity contribution in [3.8, 4) is 0 Å². The summed E-state index contributed by atoms with van der Waals surface area (Å²) in [6.07, 6.45) is 5.75. The molecule has 44 heavy (non-hydrogen) atoms. The molecule has 12 heteroatoms. The molecule has 0 bridgehead atoms. The number of benzene rings is 1. The highest BCUT2D eigenvalue weighted by Gasteiger charge is 2.60. The van der Waals surface area contributed by atoms with Crippen molar-refractivity contribution in [2.24, 2.45) is 11.7 Å². The Kier molecular flexibility index (Phi) is 8.90. The Balaban J connectivity index is 1.37. The highest BCUT2D eigenvalue weighted by molar-refractivity contribution is 5.97. The van der Waals surface area contributed by atoms with Gasteiger partial charge in [0.15, 0.2) is 0 Å². The Hall–Kier alpha value is -4.09. The Labute approximate surface area is 257 Å². The Morgan fingerprint density at radius 1 is 1.07 bits per heavy atom. The van der Waals surface area contributed by atoms with Gasteiger partial charge >= 0.3 is 12.2 Å². The van der Waals surface area contributed by atoms with Crippen molar-refractivity contribution in [2.45, 2.75) is 108 Å². The molecule has 5 rings (SSSR count). The zero-order valence-corrected chi connectivity index (χ0v) is 25.7. The standard InChI is InChI=1S/C32H43N5O7/c1-31(2,3)44-29(41)34-24-14-8-6-4-5-7-13-22-16-32(22,28(33)40)35-26(38)25-15-23(19-37(25)27(24)39)43-30(42)36-17-20-11-9-10-12-21(20)18-36/h7,9-13,22-25H,4-6,8,14-19H2,1-3H3,(H2,33,40)(H,34,41)(H,35,38)/b13-7-/t22-,23-,24+,25+,32-/m1/s1. The van der Waals surface area contributed by atoms with Crippen molar-refractivity contribution < 1.29 is 33.4 Å². The minimum Gasteiger partial charge on any atom is -0.444 e. The van der Waals surface area contributed by atoms with Crippen molar-refractivity contribution in [1.29, 1.82) is 0 Å². The molecule has 238 valence electrons. The van der Waals surface area contributed by atoms with Crippen LogP contribution in [0.5, 0.6) is 0 Å². The first-order valence-corrected chi connectivity index (χ1v) is 15.5. The van der Waals surface area contributed by atoms with Crippen LogP contribution in [0, 0.1) is 5.92 Å². The van der Waals surface area contributed by atoms with Gasteiger partial charge in [-0.25, -0.2) is 9.59 Å². The van der Waals surface area contributed by atoms with E-state index in [1.54, 1.807) is 25.7 Å². The lowest BCUT2D eigenvalue weighted by Gasteiger charge is -2.30. The van der Waals surface area contributed by atoms with Gasteiger partial charge in [-0.15, -0.1) is 0 Å². The van der Waals surface area contributed by atoms with Crippen LogP contribution in [0.25, 0.3) is 0 Å². The van der Waals surface area contributed by atoms with E-state index in [0.717, 1.165) is 30.4 Å². The quantitative estimate of drug-likeness (QED) is 0.444. The maximum Gasteiger partial charge on any atom is 0.410 e. The Bertz CT molecular complexity index is 1320. The van der Waals surface area contributed by atoms with Crippen LogP contribution in [0.2, 0.25) is 0 Å². The number of primary amides is 1. The fourth-order valence-electron chi connectivity index (χ4n) is 6.32. The molecule has 1 aromatic rings. The number of nitrogens with two attached hydrogens (primary N) is 1. The molecule has 1 aromatic carbocycles. The van der Waals surface area contributed by atoms with Crippen LogP contribution in [0.15, 0.2) is 36.4 Å². The summed E-state index contributed by atoms with van der Waals surface area (Å²) in [5.74, 6) is -1.89. The second-order valence-corrected chi connectivity index (χ2v) is 13.3. The van der Waals surface area contributed by atoms with Crippen LogP contribution in [0.3, 0.4) is 0 Å². The summed E-state index contributed by atoms with van der Waals surface area (Å²) in [6, 6.07) is 5.77. The predicted octanol–water partition coefficient (Wildman–Crippen LogP) is 2.88. The van der Waals surface area contributed by atoms with Crippen molar-refractivity contribution in [2.75, 3.05) is 6.54 Å². The number of alkyl carbamates (subject to hydrolysis) is 1. The number of nitrogens with zero attached hydrogens (tertiary/aromatic N) is 2. The molecule has 5 atom stereocenters. The molecule has 0 radical (unpaired) electrons. The number of carbonyl (C=O) groups excluding carboxylic acids is 5. The second-order valence-electron chi connectivity index (χ2n) is 13.3. The van der Waals surface area contributed by atoms with E-state index in [-0.39, 0.29) is 18.9 Å². The molecule has 5 amide bonds. The number of fused-ring (bicyclic) bond motifs is 3. The fourth-order valence-corrected chi connectivity index (χ4v) is 6.32. The highest BCUT2D eigenvalue weighted by atomic mass is 16.6. The molecule has 0 unspecified atom stereocenters. The number of amides is 5. The topological polar surface area (TPSA) is 160 Å². The van der Waals surface area contributed by atoms with Crippen LogP contribution >= 0.6 is 0 Å². The lowest BCUT2D eigenvalue weighted by molar-refractivity contribution is -0.141. The molecule has 3 aliphatic heterocycles. The lowest BCUT2D eigenvalue weighted by atomic mass is 10.0. The largest absolute Gasteiger partial charge is 0.444 e. The summed E-state index contributed by atoms with van der Waals surface area (Å²) < 4.78 is 11.3. The zero-order valence-electron chi connectivity index (χ0n) is 25.7. The van der Waals surface area contributed by atoms with Gasteiger partial charge in [-0.1, -0.05) is 49.3 Å². The van der Waals surface area contributed by atoms with Crippen LogP contribution in [0.1, 0.15) is 76.8 Å². The Morgan fingerprint density at radius 2 is 1.77 bits per heavy atom. The van der Waals surface area contributed by atoms with Crippen LogP contribution in [-0.2, 0) is 36.9 Å². The molecule has 12 nitrogen and oxygen atoms in total. The number of ether oxygens (including phenoxy) is 2. The average Bonchev–Trinajstić information content (AvgIpc) is 3.27. The first kappa shape index (κ1) is 31.3. The molecular formula is C32H43N5O7. The van der Waals surface area contributed by atoms with Gasteiger partial charge in [-0.3, -0.25) is 19.3 Å². The third kappa shape index (κ3) is 7.00. The summed E-state index contributed by atoms with van der Waals surface area (Å²) >= 11 is 0. The molecule has 2 fully saturated rings. The van der Waals surface area contributed by atoms with E-state index in [9.17, 15) is 24.0 Å². The van der Waals surface area contributed by atoms with Crippen LogP contribution in [0.4, 0.5) is 9.59 Å². The molecule has 0 aromatic heterocycles. The average molecular weight is 610 g/mol. The van der Waals surface area contributed by atoms with E-state index in [1.807, 2.05) is 36.4 Å². The fraction of sp³-hybridized carbons (Fsp3) is 0.594. The monoisotopic (exact) mass is 609 g/mol. The third-order valence-corrected chi connectivity index (χ3v) is 8.74. The van der Waals surface area contributed by atoms with E-state index in [1.165, 1.54) is 4.90 Å². The normalized spacial score (nSPS) is 29.6. The number of hydrogen-bond acceptors (Lipinski definition) is 7. The van der Waals surface area contributed by atoms with Crippen molar-refractivity contribution in [3.63, 3.8) is 0 Å². The SMILES string of the molecule is CC(C)(C)OC(=O)N[C@H]1CCCCC/C=C\[C@@H]2C[C@@]2(C(N)=O)NC(=O)[C@@H]2C[C@@H](OC(=O)N3Cc4ccccc4C3)CN2C1=O. The predicted molar refractivity (Wildman–Crippen MR) is 160 cm³/mol. The number of hydrogen-bond donors (Lipinski definition) is 3. The summed E-state index contributed by atoms with van der Waals surface area (Å²) in [4.78, 5) is 69.2. The Morgan fingerprint density at radius 3 is 2.43 bits per heavy atom. The van der Waals surface area contributed by atoms with Crippen molar-refractivity contribution >= 4 is 29.9 Å². The number of allylic oxidation sites excluding steroid dienone is 1. The van der Waals surface area contributed by atoms with Gasteiger partial charge in [-0.05, 0) is 57.6 Å². The van der Waals surface area contributed by atoms with Gasteiger partial charge in [-0.2, -0.15) is 0 Å². The van der Waals surface area contributed by atoms with Gasteiger partial charge in [0.1, 0.15) is 29.3 Å². The molecular weight excluding hydrogens is 566 g/mol. The summed E-state index contributed by atoms with van der Waals surface area (Å²) in [7, 11) is 0. The minimum atomic E-state index is -1.23. The first-order valence-electron chi connectivity index (χ1n) is 15.5. The summed E-state index contributed by atoms with van der Waals surface area (Å²) in [5, 5.41) is 5.54. The molecule has 1 aliphatic carbocycles. The number of carbonyl (C=O) groups is 5. The van der Waals surface area contributed by atoms with Crippen LogP contribution in [-0.4, -0.2) is 75.6 Å². The van der Waals surface area contributed by atoms with Crippen molar-refractivity contribution in [1.82, 2.24) is 20.4 Å². The number of rotatable bonds is 3. The van der Waals surface area contributed by atoms with E-state index in [4.69, 9.17) is 15.2 Å². The molecule has 4 aliphatic rings. The molecule has 3 heterocycles. The first-order chi connectivity index (χ1) is 20.9. The summed E-state index contributed by atoms with van der Waals surface area (Å²) in [5.41, 5.74) is 5.84. The molecule has 1 saturated heterocycles. The van der Waals surface area contributed by atoms with E-state index >= 15 is 0 Å². The molecule has 0 spiro atoms. The maximum absolute atomic E-state index is 14.1. The smallest absolute Gasteiger partial charge is 0.410 e. The van der Waals surface area contributed by atoms with Gasteiger partial charge in [0, 0.05) is 25.4 Å². The lowest BCUT2D eigenvalue weighted by Crippen LogP contribution is -2.57. The van der Waals surface area contributed by atoms with Crippen molar-refractivity contribution in [3.05, 3.63) is 47.5 Å². The van der Waals surface area contributed by atoms with Crippen LogP contribution < -0.4 is 16.4 Å². The van der Waals surface area contributed by atoms with E-state index < -0.39 is 59.2 Å². The van der Waals surface area contributed by atoms with Gasteiger partial charge < -0.3 is 30.7 Å². The van der Waals surface area contributed by atoms with E-state index in [0.29, 0.717) is 32.4 Å².